The van der Waals surface area contributed by atoms with Gasteiger partial charge in [0.15, 0.2) is 0 Å². The van der Waals surface area contributed by atoms with Gasteiger partial charge in [0.2, 0.25) is 0 Å². The second kappa shape index (κ2) is 9.21. The van der Waals surface area contributed by atoms with Gasteiger partial charge in [0.05, 0.1) is 6.20 Å². The fourth-order valence-electron chi connectivity index (χ4n) is 3.55. The Hall–Kier alpha value is -3.68. The first-order valence-corrected chi connectivity index (χ1v) is 9.52. The van der Waals surface area contributed by atoms with Crippen LogP contribution in [0.3, 0.4) is 0 Å². The van der Waals surface area contributed by atoms with Crippen LogP contribution in [0.25, 0.3) is 0 Å². The highest BCUT2D eigenvalue weighted by Gasteiger charge is 2.38. The first-order chi connectivity index (χ1) is 14.5. The van der Waals surface area contributed by atoms with Gasteiger partial charge in [-0.1, -0.05) is 42.5 Å². The summed E-state index contributed by atoms with van der Waals surface area (Å²) in [5, 5.41) is 9.59. The minimum atomic E-state index is -1.12. The Morgan fingerprint density at radius 1 is 1.27 bits per heavy atom. The lowest BCUT2D eigenvalue weighted by Crippen LogP contribution is -2.39. The van der Waals surface area contributed by atoms with Gasteiger partial charge in [-0.2, -0.15) is 0 Å². The third kappa shape index (κ3) is 4.17. The summed E-state index contributed by atoms with van der Waals surface area (Å²) >= 11 is 0. The number of amides is 1. The number of aromatic nitrogens is 2. The van der Waals surface area contributed by atoms with E-state index in [0.29, 0.717) is 12.2 Å². The molecule has 0 saturated heterocycles. The monoisotopic (exact) mass is 409 g/mol. The number of hydrogen-bond donors (Lipinski definition) is 1. The summed E-state index contributed by atoms with van der Waals surface area (Å²) in [4.78, 5) is 43.0. The van der Waals surface area contributed by atoms with Gasteiger partial charge < -0.3 is 9.84 Å². The topological polar surface area (TPSA) is 102 Å². The molecule has 2 atom stereocenters. The number of hydrogen-bond acceptors (Lipinski definition) is 5. The maximum atomic E-state index is 13.2. The number of carbonyl (C=O) groups excluding carboxylic acids is 1. The van der Waals surface area contributed by atoms with Crippen LogP contribution in [0.15, 0.2) is 66.6 Å². The Morgan fingerprint density at radius 3 is 2.63 bits per heavy atom. The number of rotatable bonds is 8. The molecule has 0 spiro atoms. The lowest BCUT2D eigenvalue weighted by molar-refractivity contribution is -0.140. The van der Waals surface area contributed by atoms with Crippen molar-refractivity contribution in [3.63, 3.8) is 0 Å². The minimum absolute atomic E-state index is 0.0116. The molecule has 1 N–H and O–H groups in total. The number of carboxylic acids is 1. The average Bonchev–Trinajstić information content (AvgIpc) is 3.12. The van der Waals surface area contributed by atoms with E-state index in [1.807, 2.05) is 30.3 Å². The molecule has 2 aromatic rings. The van der Waals surface area contributed by atoms with E-state index in [-0.39, 0.29) is 31.2 Å². The lowest BCUT2D eigenvalue weighted by atomic mass is 10.0. The normalized spacial score (nSPS) is 17.1. The summed E-state index contributed by atoms with van der Waals surface area (Å²) in [6.45, 7) is 7.36. The van der Waals surface area contributed by atoms with Crippen molar-refractivity contribution in [2.45, 2.75) is 31.4 Å². The van der Waals surface area contributed by atoms with Crippen molar-refractivity contribution in [1.82, 2.24) is 9.55 Å². The van der Waals surface area contributed by atoms with Crippen LogP contribution in [0.2, 0.25) is 0 Å². The zero-order chi connectivity index (χ0) is 21.7. The average molecular weight is 409 g/mol. The molecule has 30 heavy (non-hydrogen) atoms. The number of benzene rings is 1. The highest BCUT2D eigenvalue weighted by molar-refractivity contribution is 5.87. The van der Waals surface area contributed by atoms with E-state index in [1.54, 1.807) is 6.08 Å². The number of nitrogens with zero attached hydrogens (tertiary/aromatic N) is 3. The van der Waals surface area contributed by atoms with Crippen LogP contribution in [-0.4, -0.2) is 33.3 Å². The molecule has 1 amide bonds. The minimum Gasteiger partial charge on any atom is -0.480 e. The summed E-state index contributed by atoms with van der Waals surface area (Å²) in [7, 11) is 0. The molecule has 1 aromatic heterocycles. The quantitative estimate of drug-likeness (QED) is 0.672. The summed E-state index contributed by atoms with van der Waals surface area (Å²) in [6, 6.07) is 8.09. The van der Waals surface area contributed by atoms with Crippen molar-refractivity contribution in [3.05, 3.63) is 83.6 Å². The van der Waals surface area contributed by atoms with E-state index >= 15 is 0 Å². The summed E-state index contributed by atoms with van der Waals surface area (Å²) in [6.07, 6.45) is 4.42. The standard InChI is InChI=1S/C22H23N3O5/c1-3-8-16-12-17(21(27)28)25-19(16)23-13-18(20(25)26)24(11-4-2)22(29)30-14-15-9-6-5-7-10-15/h3-7,9-10,13,16-17H,1-2,8,11-12,14H2,(H,27,28)/t16-,17+/m1/s1. The van der Waals surface area contributed by atoms with E-state index < -0.39 is 23.7 Å². The molecular weight excluding hydrogens is 386 g/mol. The number of allylic oxidation sites excluding steroid dienone is 1. The molecular formula is C22H23N3O5. The predicted octanol–water partition coefficient (Wildman–Crippen LogP) is 3.26. The number of anilines is 1. The maximum Gasteiger partial charge on any atom is 0.415 e. The van der Waals surface area contributed by atoms with Crippen LogP contribution in [0.5, 0.6) is 0 Å². The van der Waals surface area contributed by atoms with Crippen molar-refractivity contribution in [2.24, 2.45) is 0 Å². The van der Waals surface area contributed by atoms with Crippen LogP contribution >= 0.6 is 0 Å². The summed E-state index contributed by atoms with van der Waals surface area (Å²) in [5.41, 5.74) is 0.145. The van der Waals surface area contributed by atoms with Gasteiger partial charge >= 0.3 is 12.1 Å². The van der Waals surface area contributed by atoms with Gasteiger partial charge in [-0.25, -0.2) is 14.6 Å². The number of fused-ring (bicyclic) bond motifs is 1. The number of carbonyl (C=O) groups is 2. The van der Waals surface area contributed by atoms with Crippen LogP contribution in [0, 0.1) is 0 Å². The fraction of sp³-hybridized carbons (Fsp3) is 0.273. The third-order valence-corrected chi connectivity index (χ3v) is 4.95. The molecule has 1 aliphatic rings. The van der Waals surface area contributed by atoms with E-state index in [4.69, 9.17) is 4.74 Å². The zero-order valence-electron chi connectivity index (χ0n) is 16.4. The largest absolute Gasteiger partial charge is 0.480 e. The van der Waals surface area contributed by atoms with Gasteiger partial charge in [-0.15, -0.1) is 13.2 Å². The SMILES string of the molecule is C=CC[C@@H]1C[C@@H](C(=O)O)n2c1ncc(N(CC=C)C(=O)OCc1ccccc1)c2=O. The molecule has 0 radical (unpaired) electrons. The zero-order valence-corrected chi connectivity index (χ0v) is 16.4. The van der Waals surface area contributed by atoms with Gasteiger partial charge in [0, 0.05) is 12.5 Å². The molecule has 3 rings (SSSR count). The molecule has 8 nitrogen and oxygen atoms in total. The Morgan fingerprint density at radius 2 is 2.00 bits per heavy atom. The molecule has 0 aliphatic carbocycles. The Bertz CT molecular complexity index is 1020. The van der Waals surface area contributed by atoms with Crippen molar-refractivity contribution < 1.29 is 19.4 Å². The molecule has 0 saturated carbocycles. The summed E-state index contributed by atoms with van der Waals surface area (Å²) in [5.74, 6) is -0.957. The first kappa shape index (κ1) is 21.0. The van der Waals surface area contributed by atoms with Crippen LogP contribution in [0.4, 0.5) is 10.5 Å². The van der Waals surface area contributed by atoms with Crippen molar-refractivity contribution in [2.75, 3.05) is 11.4 Å². The van der Waals surface area contributed by atoms with E-state index in [1.165, 1.54) is 12.3 Å². The first-order valence-electron chi connectivity index (χ1n) is 9.52. The van der Waals surface area contributed by atoms with Crippen LogP contribution < -0.4 is 10.5 Å². The molecule has 0 fully saturated rings. The molecule has 156 valence electrons. The van der Waals surface area contributed by atoms with E-state index in [2.05, 4.69) is 18.1 Å². The molecule has 1 aliphatic heterocycles. The summed E-state index contributed by atoms with van der Waals surface area (Å²) < 4.78 is 6.50. The molecule has 0 bridgehead atoms. The van der Waals surface area contributed by atoms with E-state index in [9.17, 15) is 19.5 Å². The molecule has 2 heterocycles. The third-order valence-electron chi connectivity index (χ3n) is 4.95. The second-order valence-corrected chi connectivity index (χ2v) is 6.93. The number of ether oxygens (including phenoxy) is 1. The predicted molar refractivity (Wildman–Crippen MR) is 112 cm³/mol. The van der Waals surface area contributed by atoms with Crippen molar-refractivity contribution in [3.8, 4) is 0 Å². The molecule has 1 aromatic carbocycles. The molecule has 0 unspecified atom stereocenters. The Labute approximate surface area is 173 Å². The molecule has 8 heteroatoms. The van der Waals surface area contributed by atoms with Gasteiger partial charge in [0.1, 0.15) is 24.2 Å². The Kier molecular flexibility index (Phi) is 6.46. The van der Waals surface area contributed by atoms with Crippen molar-refractivity contribution >= 4 is 17.7 Å². The van der Waals surface area contributed by atoms with Crippen LogP contribution in [0.1, 0.15) is 36.2 Å². The van der Waals surface area contributed by atoms with Gasteiger partial charge in [0.25, 0.3) is 5.56 Å². The van der Waals surface area contributed by atoms with Gasteiger partial charge in [-0.3, -0.25) is 14.3 Å². The van der Waals surface area contributed by atoms with Crippen molar-refractivity contribution in [1.29, 1.82) is 0 Å². The smallest absolute Gasteiger partial charge is 0.415 e. The number of carboxylic acid groups (broad SMARTS) is 1. The van der Waals surface area contributed by atoms with Crippen LogP contribution in [-0.2, 0) is 16.1 Å². The Balaban J connectivity index is 1.93. The van der Waals surface area contributed by atoms with Gasteiger partial charge in [-0.05, 0) is 18.4 Å². The van der Waals surface area contributed by atoms with E-state index in [0.717, 1.165) is 15.0 Å². The fourth-order valence-corrected chi connectivity index (χ4v) is 3.55. The number of aliphatic carboxylic acids is 1. The maximum absolute atomic E-state index is 13.2. The highest BCUT2D eigenvalue weighted by atomic mass is 16.6. The second-order valence-electron chi connectivity index (χ2n) is 6.93. The highest BCUT2D eigenvalue weighted by Crippen LogP contribution is 2.36. The lowest BCUT2D eigenvalue weighted by Gasteiger charge is -2.21.